The fourth-order valence-corrected chi connectivity index (χ4v) is 4.08. The molecule has 3 rings (SSSR count). The number of hydrogen-bond donors (Lipinski definition) is 2. The van der Waals surface area contributed by atoms with Crippen LogP contribution in [0.5, 0.6) is 0 Å². The zero-order chi connectivity index (χ0) is 23.1. The number of nitrogens with one attached hydrogen (secondary N) is 2. The van der Waals surface area contributed by atoms with Crippen LogP contribution in [0.15, 0.2) is 77.7 Å². The maximum absolute atomic E-state index is 12.7. The van der Waals surface area contributed by atoms with E-state index in [0.717, 1.165) is 16.7 Å². The van der Waals surface area contributed by atoms with Crippen LogP contribution in [0.4, 0.5) is 5.69 Å². The molecule has 0 atom stereocenters. The number of sulfonamides is 1. The summed E-state index contributed by atoms with van der Waals surface area (Å²) in [5.41, 5.74) is 3.36. The summed E-state index contributed by atoms with van der Waals surface area (Å²) in [6, 6.07) is 20.0. The fraction of sp³-hybridized carbons (Fsp3) is 0.167. The summed E-state index contributed by atoms with van der Waals surface area (Å²) < 4.78 is 32.9. The maximum atomic E-state index is 12.7. The third-order valence-corrected chi connectivity index (χ3v) is 6.10. The lowest BCUT2D eigenvalue weighted by atomic mass is 10.1. The van der Waals surface area contributed by atoms with E-state index in [2.05, 4.69) is 10.0 Å². The molecule has 3 aromatic carbocycles. The Hall–Kier alpha value is -3.65. The van der Waals surface area contributed by atoms with E-state index in [9.17, 15) is 18.0 Å². The van der Waals surface area contributed by atoms with Gasteiger partial charge in [0, 0.05) is 12.2 Å². The van der Waals surface area contributed by atoms with Crippen molar-refractivity contribution in [1.82, 2.24) is 5.32 Å². The van der Waals surface area contributed by atoms with Gasteiger partial charge in [-0.25, -0.2) is 13.2 Å². The molecule has 0 aliphatic carbocycles. The first-order valence-corrected chi connectivity index (χ1v) is 11.4. The summed E-state index contributed by atoms with van der Waals surface area (Å²) in [6.07, 6.45) is 0. The second-order valence-electron chi connectivity index (χ2n) is 7.28. The Kier molecular flexibility index (Phi) is 7.27. The predicted octanol–water partition coefficient (Wildman–Crippen LogP) is 3.58. The second kappa shape index (κ2) is 10.1. The standard InChI is InChI=1S/C24H24N2O5S/c1-17-7-5-11-21(13-17)26-32(29,30)22-12-6-10-19(14-22)24(28)31-16-23(27)25-15-20-9-4-3-8-18(20)2/h3-14,26H,15-16H2,1-2H3,(H,25,27). The Morgan fingerprint density at radius 1 is 0.906 bits per heavy atom. The van der Waals surface area contributed by atoms with Crippen molar-refractivity contribution >= 4 is 27.6 Å². The van der Waals surface area contributed by atoms with Crippen LogP contribution in [-0.2, 0) is 26.1 Å². The van der Waals surface area contributed by atoms with Crippen LogP contribution >= 0.6 is 0 Å². The highest BCUT2D eigenvalue weighted by Crippen LogP contribution is 2.18. The molecule has 0 saturated carbocycles. The molecule has 3 aromatic rings. The van der Waals surface area contributed by atoms with E-state index < -0.39 is 28.5 Å². The summed E-state index contributed by atoms with van der Waals surface area (Å²) in [5, 5.41) is 2.69. The van der Waals surface area contributed by atoms with Gasteiger partial charge in [0.2, 0.25) is 0 Å². The maximum Gasteiger partial charge on any atom is 0.338 e. The highest BCUT2D eigenvalue weighted by atomic mass is 32.2. The van der Waals surface area contributed by atoms with E-state index >= 15 is 0 Å². The number of amides is 1. The van der Waals surface area contributed by atoms with Crippen molar-refractivity contribution in [3.05, 3.63) is 95.1 Å². The molecular formula is C24H24N2O5S. The smallest absolute Gasteiger partial charge is 0.338 e. The van der Waals surface area contributed by atoms with Gasteiger partial charge in [-0.1, -0.05) is 42.5 Å². The van der Waals surface area contributed by atoms with Crippen LogP contribution in [0.3, 0.4) is 0 Å². The lowest BCUT2D eigenvalue weighted by molar-refractivity contribution is -0.124. The van der Waals surface area contributed by atoms with Crippen molar-refractivity contribution in [2.45, 2.75) is 25.3 Å². The van der Waals surface area contributed by atoms with Gasteiger partial charge in [0.15, 0.2) is 6.61 Å². The molecule has 7 nitrogen and oxygen atoms in total. The van der Waals surface area contributed by atoms with Gasteiger partial charge in [-0.15, -0.1) is 0 Å². The van der Waals surface area contributed by atoms with Gasteiger partial charge in [-0.05, 0) is 60.9 Å². The lowest BCUT2D eigenvalue weighted by Gasteiger charge is -2.10. The predicted molar refractivity (Wildman–Crippen MR) is 122 cm³/mol. The van der Waals surface area contributed by atoms with E-state index in [1.54, 1.807) is 18.2 Å². The summed E-state index contributed by atoms with van der Waals surface area (Å²) >= 11 is 0. The molecule has 0 radical (unpaired) electrons. The van der Waals surface area contributed by atoms with Crippen LogP contribution in [-0.4, -0.2) is 26.9 Å². The number of benzene rings is 3. The first-order chi connectivity index (χ1) is 15.2. The minimum Gasteiger partial charge on any atom is -0.452 e. The van der Waals surface area contributed by atoms with Crippen molar-refractivity contribution in [1.29, 1.82) is 0 Å². The molecule has 0 aromatic heterocycles. The molecule has 0 aliphatic heterocycles. The highest BCUT2D eigenvalue weighted by Gasteiger charge is 2.18. The van der Waals surface area contributed by atoms with Crippen molar-refractivity contribution in [2.24, 2.45) is 0 Å². The van der Waals surface area contributed by atoms with E-state index in [4.69, 9.17) is 4.74 Å². The zero-order valence-corrected chi connectivity index (χ0v) is 18.6. The van der Waals surface area contributed by atoms with Crippen molar-refractivity contribution in [3.8, 4) is 0 Å². The van der Waals surface area contributed by atoms with Crippen LogP contribution in [0.2, 0.25) is 0 Å². The normalized spacial score (nSPS) is 10.9. The Balaban J connectivity index is 1.60. The van der Waals surface area contributed by atoms with E-state index in [1.165, 1.54) is 24.3 Å². The average Bonchev–Trinajstić information content (AvgIpc) is 2.76. The molecule has 0 saturated heterocycles. The second-order valence-corrected chi connectivity index (χ2v) is 8.96. The molecule has 32 heavy (non-hydrogen) atoms. The summed E-state index contributed by atoms with van der Waals surface area (Å²) in [4.78, 5) is 24.3. The van der Waals surface area contributed by atoms with Gasteiger partial charge in [0.1, 0.15) is 0 Å². The lowest BCUT2D eigenvalue weighted by Crippen LogP contribution is -2.28. The zero-order valence-electron chi connectivity index (χ0n) is 17.8. The monoisotopic (exact) mass is 452 g/mol. The van der Waals surface area contributed by atoms with Crippen LogP contribution in [0, 0.1) is 13.8 Å². The minimum atomic E-state index is -3.90. The molecule has 0 unspecified atom stereocenters. The third kappa shape index (κ3) is 6.18. The number of carbonyl (C=O) groups excluding carboxylic acids is 2. The van der Waals surface area contributed by atoms with Crippen LogP contribution in [0.25, 0.3) is 0 Å². The minimum absolute atomic E-state index is 0.0313. The van der Waals surface area contributed by atoms with Gasteiger partial charge in [0.05, 0.1) is 10.5 Å². The molecular weight excluding hydrogens is 428 g/mol. The van der Waals surface area contributed by atoms with Crippen LogP contribution < -0.4 is 10.0 Å². The fourth-order valence-electron chi connectivity index (χ4n) is 2.98. The Labute approximate surface area is 187 Å². The molecule has 0 heterocycles. The summed E-state index contributed by atoms with van der Waals surface area (Å²) in [6.45, 7) is 3.65. The van der Waals surface area contributed by atoms with Gasteiger partial charge < -0.3 is 10.1 Å². The number of esters is 1. The van der Waals surface area contributed by atoms with E-state index in [-0.39, 0.29) is 10.5 Å². The SMILES string of the molecule is Cc1cccc(NS(=O)(=O)c2cccc(C(=O)OCC(=O)NCc3ccccc3C)c2)c1. The number of ether oxygens (including phenoxy) is 1. The van der Waals surface area contributed by atoms with Crippen molar-refractivity contribution in [2.75, 3.05) is 11.3 Å². The molecule has 0 fully saturated rings. The molecule has 166 valence electrons. The molecule has 2 N–H and O–H groups in total. The van der Waals surface area contributed by atoms with Gasteiger partial charge in [-0.3, -0.25) is 9.52 Å². The topological polar surface area (TPSA) is 102 Å². The first-order valence-electron chi connectivity index (χ1n) is 9.92. The Morgan fingerprint density at radius 3 is 2.41 bits per heavy atom. The van der Waals surface area contributed by atoms with Crippen molar-refractivity contribution < 1.29 is 22.7 Å². The van der Waals surface area contributed by atoms with E-state index in [1.807, 2.05) is 44.2 Å². The van der Waals surface area contributed by atoms with Gasteiger partial charge in [-0.2, -0.15) is 0 Å². The highest BCUT2D eigenvalue weighted by molar-refractivity contribution is 7.92. The number of rotatable bonds is 8. The molecule has 8 heteroatoms. The summed E-state index contributed by atoms with van der Waals surface area (Å²) in [5.74, 6) is -1.24. The van der Waals surface area contributed by atoms with Crippen LogP contribution in [0.1, 0.15) is 27.0 Å². The Bertz CT molecular complexity index is 1240. The van der Waals surface area contributed by atoms with Crippen molar-refractivity contribution in [3.63, 3.8) is 0 Å². The van der Waals surface area contributed by atoms with Gasteiger partial charge >= 0.3 is 5.97 Å². The number of hydrogen-bond acceptors (Lipinski definition) is 5. The number of anilines is 1. The number of carbonyl (C=O) groups is 2. The molecule has 1 amide bonds. The third-order valence-electron chi connectivity index (χ3n) is 4.72. The number of aryl methyl sites for hydroxylation is 2. The van der Waals surface area contributed by atoms with Gasteiger partial charge in [0.25, 0.3) is 15.9 Å². The average molecular weight is 453 g/mol. The Morgan fingerprint density at radius 2 is 1.66 bits per heavy atom. The molecule has 0 spiro atoms. The molecule has 0 bridgehead atoms. The summed E-state index contributed by atoms with van der Waals surface area (Å²) in [7, 11) is -3.90. The quantitative estimate of drug-likeness (QED) is 0.509. The van der Waals surface area contributed by atoms with E-state index in [0.29, 0.717) is 12.2 Å². The largest absolute Gasteiger partial charge is 0.452 e. The molecule has 0 aliphatic rings. The first kappa shape index (κ1) is 23.0.